The van der Waals surface area contributed by atoms with E-state index in [1.165, 1.54) is 18.0 Å². The molecule has 3 nitrogen and oxygen atoms in total. The minimum absolute atomic E-state index is 0.110. The summed E-state index contributed by atoms with van der Waals surface area (Å²) in [4.78, 5) is 12.5. The Morgan fingerprint density at radius 1 is 1.12 bits per heavy atom. The van der Waals surface area contributed by atoms with Gasteiger partial charge >= 0.3 is 0 Å². The molecule has 0 radical (unpaired) electrons. The third-order valence-electron chi connectivity index (χ3n) is 3.17. The first kappa shape index (κ1) is 18.5. The van der Waals surface area contributed by atoms with Crippen LogP contribution in [0, 0.1) is 5.82 Å². The number of hydrogen-bond donors (Lipinski definition) is 2. The largest absolute Gasteiger partial charge is 0.326 e. The van der Waals surface area contributed by atoms with E-state index in [4.69, 9.17) is 0 Å². The fourth-order valence-electron chi connectivity index (χ4n) is 2.00. The molecule has 128 valence electrons. The first-order valence-corrected chi connectivity index (χ1v) is 8.72. The van der Waals surface area contributed by atoms with Crippen LogP contribution >= 0.6 is 11.9 Å². The third kappa shape index (κ3) is 6.34. The van der Waals surface area contributed by atoms with Crippen LogP contribution in [0.2, 0.25) is 0 Å². The van der Waals surface area contributed by atoms with Gasteiger partial charge in [0.25, 0.3) is 0 Å². The molecule has 2 rings (SSSR count). The Bertz CT molecular complexity index is 684. The molecule has 5 heteroatoms. The van der Waals surface area contributed by atoms with Crippen LogP contribution in [-0.2, 0) is 11.2 Å². The molecule has 0 aromatic heterocycles. The van der Waals surface area contributed by atoms with Gasteiger partial charge in [-0.05, 0) is 62.9 Å². The number of hydrogen-bond acceptors (Lipinski definition) is 3. The zero-order valence-electron chi connectivity index (χ0n) is 14.2. The molecule has 0 atom stereocenters. The number of halogens is 1. The van der Waals surface area contributed by atoms with Crippen molar-refractivity contribution in [1.82, 2.24) is 4.72 Å². The molecule has 0 heterocycles. The third-order valence-corrected chi connectivity index (χ3v) is 4.43. The molecule has 0 bridgehead atoms. The van der Waals surface area contributed by atoms with Crippen molar-refractivity contribution in [3.63, 3.8) is 0 Å². The van der Waals surface area contributed by atoms with Gasteiger partial charge < -0.3 is 5.32 Å². The molecular formula is C19H23FN2OS. The highest BCUT2D eigenvalue weighted by molar-refractivity contribution is 7.97. The zero-order valence-corrected chi connectivity index (χ0v) is 15.0. The van der Waals surface area contributed by atoms with Crippen LogP contribution < -0.4 is 10.0 Å². The molecule has 0 fully saturated rings. The van der Waals surface area contributed by atoms with E-state index >= 15 is 0 Å². The highest BCUT2D eigenvalue weighted by Gasteiger charge is 2.12. The smallest absolute Gasteiger partial charge is 0.224 e. The lowest BCUT2D eigenvalue weighted by atomic mass is 10.1. The van der Waals surface area contributed by atoms with Crippen molar-refractivity contribution < 1.29 is 9.18 Å². The van der Waals surface area contributed by atoms with E-state index in [2.05, 4.69) is 10.0 Å². The Kier molecular flexibility index (Phi) is 6.40. The van der Waals surface area contributed by atoms with Gasteiger partial charge in [0.2, 0.25) is 5.91 Å². The summed E-state index contributed by atoms with van der Waals surface area (Å²) < 4.78 is 17.3. The maximum Gasteiger partial charge on any atom is 0.224 e. The number of carbonyl (C=O) groups excluding carboxylic acids is 1. The quantitative estimate of drug-likeness (QED) is 0.739. The van der Waals surface area contributed by atoms with Crippen LogP contribution in [0.4, 0.5) is 10.1 Å². The molecule has 24 heavy (non-hydrogen) atoms. The van der Waals surface area contributed by atoms with Crippen molar-refractivity contribution in [2.75, 3.05) is 5.32 Å². The van der Waals surface area contributed by atoms with Gasteiger partial charge in [-0.3, -0.25) is 9.52 Å². The summed E-state index contributed by atoms with van der Waals surface area (Å²) >= 11 is 1.25. The number of nitrogens with one attached hydrogen (secondary N) is 2. The van der Waals surface area contributed by atoms with Crippen molar-refractivity contribution in [1.29, 1.82) is 0 Å². The summed E-state index contributed by atoms with van der Waals surface area (Å²) in [6.07, 6.45) is 1.03. The number of amides is 1. The molecule has 2 aromatic rings. The summed E-state index contributed by atoms with van der Waals surface area (Å²) in [5, 5.41) is 2.74. The second kappa shape index (κ2) is 8.31. The molecule has 0 spiro atoms. The van der Waals surface area contributed by atoms with Crippen LogP contribution in [0.1, 0.15) is 32.8 Å². The Balaban J connectivity index is 1.88. The molecule has 1 amide bonds. The lowest BCUT2D eigenvalue weighted by molar-refractivity contribution is -0.116. The highest BCUT2D eigenvalue weighted by atomic mass is 32.2. The average Bonchev–Trinajstić information content (AvgIpc) is 2.52. The van der Waals surface area contributed by atoms with Crippen LogP contribution in [-0.4, -0.2) is 11.4 Å². The van der Waals surface area contributed by atoms with Gasteiger partial charge in [-0.25, -0.2) is 4.39 Å². The average molecular weight is 346 g/mol. The summed E-state index contributed by atoms with van der Waals surface area (Å²) in [6.45, 7) is 6.04. The van der Waals surface area contributed by atoms with Crippen LogP contribution in [0.5, 0.6) is 0 Å². The summed E-state index contributed by atoms with van der Waals surface area (Å²) in [7, 11) is 0. The van der Waals surface area contributed by atoms with Crippen LogP contribution in [0.3, 0.4) is 0 Å². The van der Waals surface area contributed by atoms with Gasteiger partial charge in [-0.2, -0.15) is 0 Å². The van der Waals surface area contributed by atoms with Crippen molar-refractivity contribution in [2.24, 2.45) is 0 Å². The van der Waals surface area contributed by atoms with Gasteiger partial charge in [-0.1, -0.05) is 30.3 Å². The second-order valence-electron chi connectivity index (χ2n) is 6.63. The van der Waals surface area contributed by atoms with E-state index in [0.29, 0.717) is 23.4 Å². The predicted molar refractivity (Wildman–Crippen MR) is 98.5 cm³/mol. The number of benzene rings is 2. The topological polar surface area (TPSA) is 41.1 Å². The first-order chi connectivity index (χ1) is 11.3. The molecule has 0 saturated heterocycles. The predicted octanol–water partition coefficient (Wildman–Crippen LogP) is 4.79. The number of carbonyl (C=O) groups is 1. The van der Waals surface area contributed by atoms with Crippen LogP contribution in [0.15, 0.2) is 53.4 Å². The molecule has 0 aliphatic rings. The van der Waals surface area contributed by atoms with Crippen molar-refractivity contribution in [2.45, 2.75) is 44.0 Å². The van der Waals surface area contributed by atoms with Gasteiger partial charge in [0.1, 0.15) is 5.82 Å². The number of aryl methyl sites for hydroxylation is 1. The first-order valence-electron chi connectivity index (χ1n) is 7.91. The summed E-state index contributed by atoms with van der Waals surface area (Å²) in [5.74, 6) is -0.468. The molecule has 0 aliphatic heterocycles. The SMILES string of the molecule is CC(C)(C)NSc1ccc(NC(=O)CCc2ccccc2)cc1F. The van der Waals surface area contributed by atoms with Gasteiger partial charge in [-0.15, -0.1) is 0 Å². The van der Waals surface area contributed by atoms with Crippen molar-refractivity contribution in [3.05, 3.63) is 59.9 Å². The minimum Gasteiger partial charge on any atom is -0.326 e. The zero-order chi connectivity index (χ0) is 17.6. The van der Waals surface area contributed by atoms with E-state index in [9.17, 15) is 9.18 Å². The Labute approximate surface area is 147 Å². The van der Waals surface area contributed by atoms with E-state index in [-0.39, 0.29) is 17.3 Å². The fourth-order valence-corrected chi connectivity index (χ4v) is 2.70. The summed E-state index contributed by atoms with van der Waals surface area (Å²) in [6, 6.07) is 14.6. The van der Waals surface area contributed by atoms with Gasteiger partial charge in [0.05, 0.1) is 4.90 Å². The monoisotopic (exact) mass is 346 g/mol. The number of anilines is 1. The maximum absolute atomic E-state index is 14.1. The molecule has 0 saturated carbocycles. The van der Waals surface area contributed by atoms with E-state index in [0.717, 1.165) is 5.56 Å². The van der Waals surface area contributed by atoms with E-state index in [1.807, 2.05) is 51.1 Å². The van der Waals surface area contributed by atoms with E-state index < -0.39 is 0 Å². The highest BCUT2D eigenvalue weighted by Crippen LogP contribution is 2.24. The maximum atomic E-state index is 14.1. The lowest BCUT2D eigenvalue weighted by Crippen LogP contribution is -2.29. The lowest BCUT2D eigenvalue weighted by Gasteiger charge is -2.19. The van der Waals surface area contributed by atoms with Crippen molar-refractivity contribution >= 4 is 23.5 Å². The second-order valence-corrected chi connectivity index (χ2v) is 7.48. The summed E-state index contributed by atoms with van der Waals surface area (Å²) in [5.41, 5.74) is 1.48. The Morgan fingerprint density at radius 2 is 1.83 bits per heavy atom. The Hall–Kier alpha value is -1.85. The van der Waals surface area contributed by atoms with E-state index in [1.54, 1.807) is 12.1 Å². The van der Waals surface area contributed by atoms with Crippen molar-refractivity contribution in [3.8, 4) is 0 Å². The minimum atomic E-state index is -0.349. The molecule has 0 aliphatic carbocycles. The van der Waals surface area contributed by atoms with Crippen LogP contribution in [0.25, 0.3) is 0 Å². The normalized spacial score (nSPS) is 11.3. The number of rotatable bonds is 6. The van der Waals surface area contributed by atoms with Gasteiger partial charge in [0, 0.05) is 17.6 Å². The Morgan fingerprint density at radius 3 is 2.46 bits per heavy atom. The van der Waals surface area contributed by atoms with Gasteiger partial charge in [0.15, 0.2) is 0 Å². The molecular weight excluding hydrogens is 323 g/mol. The molecule has 0 unspecified atom stereocenters. The fraction of sp³-hybridized carbons (Fsp3) is 0.316. The molecule has 2 aromatic carbocycles. The molecule has 2 N–H and O–H groups in total. The standard InChI is InChI=1S/C19H23FN2OS/c1-19(2,3)22-24-17-11-10-15(13-16(17)20)21-18(23)12-9-14-7-5-4-6-8-14/h4-8,10-11,13,22H,9,12H2,1-3H3,(H,21,23).